The minimum Gasteiger partial charge on any atom is -0.463 e. The van der Waals surface area contributed by atoms with E-state index in [1.165, 1.54) is 7.11 Å². The summed E-state index contributed by atoms with van der Waals surface area (Å²) in [5.41, 5.74) is 1.81. The molecule has 0 saturated carbocycles. The Balaban J connectivity index is 2.47. The second-order valence-corrected chi connectivity index (χ2v) is 4.79. The number of allylic oxidation sites excluding steroid dienone is 1. The van der Waals surface area contributed by atoms with Crippen molar-refractivity contribution in [3.8, 4) is 0 Å². The molecule has 2 rings (SSSR count). The van der Waals surface area contributed by atoms with Crippen LogP contribution in [-0.4, -0.2) is 37.9 Å². The Bertz CT molecular complexity index is 566. The number of hydrogen-bond donors (Lipinski definition) is 0. The van der Waals surface area contributed by atoms with Crippen LogP contribution in [0.3, 0.4) is 0 Å². The molecule has 0 spiro atoms. The van der Waals surface area contributed by atoms with E-state index < -0.39 is 5.97 Å². The highest BCUT2D eigenvalue weighted by Crippen LogP contribution is 2.32. The number of ether oxygens (including phenoxy) is 1. The smallest absolute Gasteiger partial charge is 0.374 e. The first-order valence-electron chi connectivity index (χ1n) is 6.08. The van der Waals surface area contributed by atoms with Crippen LogP contribution in [0.25, 0.3) is 0 Å². The van der Waals surface area contributed by atoms with Crippen molar-refractivity contribution in [2.24, 2.45) is 0 Å². The molecular weight excluding hydrogens is 246 g/mol. The maximum Gasteiger partial charge on any atom is 0.374 e. The molecule has 0 atom stereocenters. The Morgan fingerprint density at radius 1 is 1.37 bits per heavy atom. The fraction of sp³-hybridized carbons (Fsp3) is 0.429. The Morgan fingerprint density at radius 3 is 2.63 bits per heavy atom. The molecule has 1 aromatic heterocycles. The van der Waals surface area contributed by atoms with Crippen LogP contribution in [0.4, 0.5) is 0 Å². The van der Waals surface area contributed by atoms with E-state index in [0.717, 1.165) is 5.57 Å². The summed E-state index contributed by atoms with van der Waals surface area (Å²) in [4.78, 5) is 25.8. The first-order valence-corrected chi connectivity index (χ1v) is 6.08. The number of methoxy groups -OCH3 is 1. The van der Waals surface area contributed by atoms with Crippen molar-refractivity contribution < 1.29 is 18.7 Å². The highest BCUT2D eigenvalue weighted by atomic mass is 16.5. The summed E-state index contributed by atoms with van der Waals surface area (Å²) in [6.07, 6.45) is 3.06. The Hall–Kier alpha value is -2.04. The number of ketones is 1. The van der Waals surface area contributed by atoms with Gasteiger partial charge in [0, 0.05) is 37.9 Å². The third-order valence-corrected chi connectivity index (χ3v) is 3.14. The van der Waals surface area contributed by atoms with Crippen molar-refractivity contribution in [2.45, 2.75) is 19.8 Å². The normalized spacial score (nSPS) is 16.4. The van der Waals surface area contributed by atoms with Gasteiger partial charge in [0.05, 0.1) is 12.7 Å². The van der Waals surface area contributed by atoms with Gasteiger partial charge >= 0.3 is 5.97 Å². The lowest BCUT2D eigenvalue weighted by molar-refractivity contribution is 0.0561. The molecule has 0 unspecified atom stereocenters. The third-order valence-electron chi connectivity index (χ3n) is 3.14. The molecule has 0 bridgehead atoms. The van der Waals surface area contributed by atoms with Crippen LogP contribution in [0, 0.1) is 6.92 Å². The molecule has 0 saturated heterocycles. The van der Waals surface area contributed by atoms with Crippen molar-refractivity contribution in [1.29, 1.82) is 0 Å². The Kier molecular flexibility index (Phi) is 3.46. The number of carbonyl (C=O) groups is 2. The molecule has 0 aliphatic heterocycles. The Labute approximate surface area is 111 Å². The fourth-order valence-electron chi connectivity index (χ4n) is 2.29. The van der Waals surface area contributed by atoms with Gasteiger partial charge in [0.15, 0.2) is 5.78 Å². The minimum absolute atomic E-state index is 0.0636. The molecule has 0 radical (unpaired) electrons. The first kappa shape index (κ1) is 13.4. The average Bonchev–Trinajstić information content (AvgIpc) is 2.69. The van der Waals surface area contributed by atoms with Crippen LogP contribution in [-0.2, 0) is 11.2 Å². The van der Waals surface area contributed by atoms with Crippen LogP contribution in [0.2, 0.25) is 0 Å². The Morgan fingerprint density at radius 2 is 2.05 bits per heavy atom. The van der Waals surface area contributed by atoms with E-state index in [0.29, 0.717) is 29.7 Å². The van der Waals surface area contributed by atoms with Gasteiger partial charge in [-0.15, -0.1) is 0 Å². The summed E-state index contributed by atoms with van der Waals surface area (Å²) >= 11 is 0. The number of esters is 1. The van der Waals surface area contributed by atoms with Crippen LogP contribution in [0.5, 0.6) is 0 Å². The average molecular weight is 263 g/mol. The summed E-state index contributed by atoms with van der Waals surface area (Å²) in [6.45, 7) is 1.71. The summed E-state index contributed by atoms with van der Waals surface area (Å²) in [5.74, 6) is 0.106. The second kappa shape index (κ2) is 4.91. The molecule has 1 heterocycles. The van der Waals surface area contributed by atoms with Gasteiger partial charge in [0.1, 0.15) is 5.76 Å². The van der Waals surface area contributed by atoms with Crippen molar-refractivity contribution in [1.82, 2.24) is 4.90 Å². The predicted octanol–water partition coefficient (Wildman–Crippen LogP) is 1.95. The molecule has 0 aromatic carbocycles. The van der Waals surface area contributed by atoms with E-state index in [4.69, 9.17) is 4.42 Å². The monoisotopic (exact) mass is 263 g/mol. The SMILES string of the molecule is COC(=O)c1oc2c(c1C)C(=O)C(=CN(C)C)CC2. The maximum atomic E-state index is 12.4. The van der Waals surface area contributed by atoms with Crippen LogP contribution < -0.4 is 0 Å². The highest BCUT2D eigenvalue weighted by Gasteiger charge is 2.31. The van der Waals surface area contributed by atoms with Crippen molar-refractivity contribution in [3.63, 3.8) is 0 Å². The maximum absolute atomic E-state index is 12.4. The van der Waals surface area contributed by atoms with Gasteiger partial charge in [-0.1, -0.05) is 0 Å². The highest BCUT2D eigenvalue weighted by molar-refractivity contribution is 6.12. The quantitative estimate of drug-likeness (QED) is 0.603. The summed E-state index contributed by atoms with van der Waals surface area (Å²) < 4.78 is 10.1. The van der Waals surface area contributed by atoms with Gasteiger partial charge in [-0.3, -0.25) is 4.79 Å². The minimum atomic E-state index is -0.544. The lowest BCUT2D eigenvalue weighted by Crippen LogP contribution is -2.16. The first-order chi connectivity index (χ1) is 8.95. The van der Waals surface area contributed by atoms with E-state index in [2.05, 4.69) is 4.74 Å². The van der Waals surface area contributed by atoms with Crippen LogP contribution in [0.15, 0.2) is 16.2 Å². The van der Waals surface area contributed by atoms with Gasteiger partial charge in [0.2, 0.25) is 5.76 Å². The molecule has 1 aliphatic rings. The predicted molar refractivity (Wildman–Crippen MR) is 69.2 cm³/mol. The van der Waals surface area contributed by atoms with Crippen molar-refractivity contribution >= 4 is 11.8 Å². The van der Waals surface area contributed by atoms with E-state index in [-0.39, 0.29) is 11.5 Å². The number of fused-ring (bicyclic) bond motifs is 1. The largest absolute Gasteiger partial charge is 0.463 e. The van der Waals surface area contributed by atoms with Crippen molar-refractivity contribution in [3.05, 3.63) is 34.4 Å². The van der Waals surface area contributed by atoms with E-state index in [9.17, 15) is 9.59 Å². The molecule has 102 valence electrons. The molecule has 0 amide bonds. The van der Waals surface area contributed by atoms with E-state index in [1.54, 1.807) is 6.92 Å². The van der Waals surface area contributed by atoms with Crippen LogP contribution >= 0.6 is 0 Å². The second-order valence-electron chi connectivity index (χ2n) is 4.79. The number of hydrogen-bond acceptors (Lipinski definition) is 5. The fourth-order valence-corrected chi connectivity index (χ4v) is 2.29. The standard InChI is InChI=1S/C14H17NO4/c1-8-11-10(19-13(8)14(17)18-4)6-5-9(12(11)16)7-15(2)3/h7H,5-6H2,1-4H3. The zero-order valence-electron chi connectivity index (χ0n) is 11.6. The van der Waals surface area contributed by atoms with Gasteiger partial charge in [0.25, 0.3) is 0 Å². The number of aryl methyl sites for hydroxylation is 1. The zero-order valence-corrected chi connectivity index (χ0v) is 11.6. The summed E-state index contributed by atoms with van der Waals surface area (Å²) in [6, 6.07) is 0. The number of carbonyl (C=O) groups excluding carboxylic acids is 2. The molecule has 0 fully saturated rings. The molecule has 0 N–H and O–H groups in total. The summed E-state index contributed by atoms with van der Waals surface area (Å²) in [7, 11) is 5.04. The number of nitrogens with zero attached hydrogens (tertiary/aromatic N) is 1. The van der Waals surface area contributed by atoms with Gasteiger partial charge in [-0.25, -0.2) is 4.79 Å². The molecule has 5 nitrogen and oxygen atoms in total. The van der Waals surface area contributed by atoms with Gasteiger partial charge < -0.3 is 14.1 Å². The van der Waals surface area contributed by atoms with E-state index in [1.807, 2.05) is 25.2 Å². The number of Topliss-reactive ketones (excluding diaryl/α,β-unsaturated/α-hetero) is 1. The molecule has 1 aliphatic carbocycles. The zero-order chi connectivity index (χ0) is 14.2. The third kappa shape index (κ3) is 2.28. The molecule has 19 heavy (non-hydrogen) atoms. The molecule has 5 heteroatoms. The van der Waals surface area contributed by atoms with Gasteiger partial charge in [-0.05, 0) is 13.3 Å². The van der Waals surface area contributed by atoms with Crippen LogP contribution in [0.1, 0.15) is 38.7 Å². The lowest BCUT2D eigenvalue weighted by Gasteiger charge is -2.15. The number of furan rings is 1. The van der Waals surface area contributed by atoms with Crippen molar-refractivity contribution in [2.75, 3.05) is 21.2 Å². The molecular formula is C14H17NO4. The molecule has 1 aromatic rings. The topological polar surface area (TPSA) is 59.8 Å². The van der Waals surface area contributed by atoms with Gasteiger partial charge in [-0.2, -0.15) is 0 Å². The lowest BCUT2D eigenvalue weighted by atomic mass is 9.90. The van der Waals surface area contributed by atoms with E-state index >= 15 is 0 Å². The summed E-state index contributed by atoms with van der Waals surface area (Å²) in [5, 5.41) is 0. The number of rotatable bonds is 2.